The summed E-state index contributed by atoms with van der Waals surface area (Å²) in [6.45, 7) is 4.93. The van der Waals surface area contributed by atoms with Crippen molar-refractivity contribution in [3.8, 4) is 11.3 Å². The number of anilines is 2. The Morgan fingerprint density at radius 3 is 2.50 bits per heavy atom. The Morgan fingerprint density at radius 1 is 1.23 bits per heavy atom. The first-order valence-electron chi connectivity index (χ1n) is 7.37. The number of carbonyl (C=O) groups excluding carboxylic acids is 1. The maximum Gasteiger partial charge on any atom is 0.451 e. The number of carbonyl (C=O) groups is 1. The van der Waals surface area contributed by atoms with E-state index in [2.05, 4.69) is 25.8 Å². The lowest BCUT2D eigenvalue weighted by molar-refractivity contribution is -0.144. The number of aromatic nitrogens is 3. The van der Waals surface area contributed by atoms with Gasteiger partial charge in [0.15, 0.2) is 0 Å². The van der Waals surface area contributed by atoms with Crippen molar-refractivity contribution in [2.45, 2.75) is 32.5 Å². The van der Waals surface area contributed by atoms with Crippen LogP contribution < -0.4 is 16.6 Å². The molecule has 0 saturated carbocycles. The van der Waals surface area contributed by atoms with Gasteiger partial charge in [-0.25, -0.2) is 20.2 Å². The summed E-state index contributed by atoms with van der Waals surface area (Å²) < 4.78 is 44.2. The standard InChI is InChI=1S/C15H17F3N6O2/c1-14(2,3)26-13(25)24-23-11-6-10(8-4-5-20-7-9(8)19)21-12(22-11)15(16,17)18/h4-7H,19H2,1-3H3,(H,24,25)(H,21,22,23). The fourth-order valence-corrected chi connectivity index (χ4v) is 1.83. The number of ether oxygens (including phenoxy) is 1. The van der Waals surface area contributed by atoms with Crippen LogP contribution in [0.4, 0.5) is 29.5 Å². The summed E-state index contributed by atoms with van der Waals surface area (Å²) >= 11 is 0. The predicted octanol–water partition coefficient (Wildman–Crippen LogP) is 2.99. The number of nitrogens with one attached hydrogen (secondary N) is 2. The summed E-state index contributed by atoms with van der Waals surface area (Å²) in [4.78, 5) is 22.3. The fraction of sp³-hybridized carbons (Fsp3) is 0.333. The molecule has 2 heterocycles. The van der Waals surface area contributed by atoms with Crippen LogP contribution in [-0.4, -0.2) is 26.6 Å². The van der Waals surface area contributed by atoms with E-state index in [0.717, 1.165) is 0 Å². The first-order chi connectivity index (χ1) is 12.0. The van der Waals surface area contributed by atoms with Crippen molar-refractivity contribution in [3.05, 3.63) is 30.4 Å². The van der Waals surface area contributed by atoms with E-state index < -0.39 is 23.7 Å². The van der Waals surface area contributed by atoms with Crippen LogP contribution in [0.2, 0.25) is 0 Å². The summed E-state index contributed by atoms with van der Waals surface area (Å²) in [5.41, 5.74) is 9.66. The molecule has 26 heavy (non-hydrogen) atoms. The summed E-state index contributed by atoms with van der Waals surface area (Å²) in [5.74, 6) is -1.68. The third-order valence-electron chi connectivity index (χ3n) is 2.80. The Kier molecular flexibility index (Phi) is 5.19. The number of nitrogens with zero attached hydrogens (tertiary/aromatic N) is 3. The smallest absolute Gasteiger partial charge is 0.443 e. The topological polar surface area (TPSA) is 115 Å². The highest BCUT2D eigenvalue weighted by Crippen LogP contribution is 2.31. The molecule has 0 aliphatic rings. The van der Waals surface area contributed by atoms with Gasteiger partial charge in [-0.3, -0.25) is 10.4 Å². The molecular weight excluding hydrogens is 353 g/mol. The van der Waals surface area contributed by atoms with E-state index in [1.165, 1.54) is 24.5 Å². The van der Waals surface area contributed by atoms with Crippen LogP contribution in [0.3, 0.4) is 0 Å². The number of rotatable bonds is 3. The van der Waals surface area contributed by atoms with Gasteiger partial charge in [-0.15, -0.1) is 0 Å². The number of hydrogen-bond acceptors (Lipinski definition) is 7. The Hall–Kier alpha value is -3.11. The summed E-state index contributed by atoms with van der Waals surface area (Å²) in [6.07, 6.45) is -3.01. The van der Waals surface area contributed by atoms with Crippen LogP contribution in [0.25, 0.3) is 11.3 Å². The molecule has 2 rings (SSSR count). The molecule has 11 heteroatoms. The molecule has 0 unspecified atom stereocenters. The van der Waals surface area contributed by atoms with Crippen molar-refractivity contribution < 1.29 is 22.7 Å². The van der Waals surface area contributed by atoms with Crippen molar-refractivity contribution in [3.63, 3.8) is 0 Å². The zero-order valence-electron chi connectivity index (χ0n) is 14.2. The van der Waals surface area contributed by atoms with E-state index in [1.807, 2.05) is 0 Å². The number of nitrogens with two attached hydrogens (primary N) is 1. The van der Waals surface area contributed by atoms with Crippen LogP contribution in [-0.2, 0) is 10.9 Å². The third kappa shape index (κ3) is 5.19. The molecule has 0 fully saturated rings. The molecule has 0 radical (unpaired) electrons. The van der Waals surface area contributed by atoms with Gasteiger partial charge in [-0.1, -0.05) is 0 Å². The summed E-state index contributed by atoms with van der Waals surface area (Å²) in [7, 11) is 0. The molecular formula is C15H17F3N6O2. The molecule has 1 amide bonds. The lowest BCUT2D eigenvalue weighted by Gasteiger charge is -2.20. The van der Waals surface area contributed by atoms with Gasteiger partial charge in [0.2, 0.25) is 5.82 Å². The largest absolute Gasteiger partial charge is 0.451 e. The van der Waals surface area contributed by atoms with Crippen molar-refractivity contribution >= 4 is 17.6 Å². The lowest BCUT2D eigenvalue weighted by Crippen LogP contribution is -2.36. The molecule has 0 aliphatic carbocycles. The van der Waals surface area contributed by atoms with E-state index in [9.17, 15) is 18.0 Å². The minimum absolute atomic E-state index is 0.0827. The first-order valence-corrected chi connectivity index (χ1v) is 7.37. The van der Waals surface area contributed by atoms with E-state index in [1.54, 1.807) is 20.8 Å². The molecule has 2 aromatic rings. The summed E-state index contributed by atoms with van der Waals surface area (Å²) in [6, 6.07) is 2.63. The van der Waals surface area contributed by atoms with Gasteiger partial charge in [0.05, 0.1) is 17.6 Å². The Labute approximate surface area is 147 Å². The molecule has 4 N–H and O–H groups in total. The predicted molar refractivity (Wildman–Crippen MR) is 87.7 cm³/mol. The average molecular weight is 370 g/mol. The quantitative estimate of drug-likeness (QED) is 0.712. The number of alkyl halides is 3. The van der Waals surface area contributed by atoms with Crippen LogP contribution in [0.5, 0.6) is 0 Å². The van der Waals surface area contributed by atoms with Crippen LogP contribution >= 0.6 is 0 Å². The molecule has 0 aliphatic heterocycles. The fourth-order valence-electron chi connectivity index (χ4n) is 1.83. The van der Waals surface area contributed by atoms with E-state index >= 15 is 0 Å². The van der Waals surface area contributed by atoms with Crippen LogP contribution in [0.15, 0.2) is 24.5 Å². The first kappa shape index (κ1) is 19.2. The average Bonchev–Trinajstić information content (AvgIpc) is 2.50. The van der Waals surface area contributed by atoms with Crippen LogP contribution in [0.1, 0.15) is 26.6 Å². The molecule has 2 aromatic heterocycles. The van der Waals surface area contributed by atoms with Gasteiger partial charge in [-0.2, -0.15) is 13.2 Å². The zero-order valence-corrected chi connectivity index (χ0v) is 14.2. The van der Waals surface area contributed by atoms with Crippen molar-refractivity contribution in [2.24, 2.45) is 0 Å². The highest BCUT2D eigenvalue weighted by atomic mass is 19.4. The molecule has 0 atom stereocenters. The summed E-state index contributed by atoms with van der Waals surface area (Å²) in [5, 5.41) is 0. The Balaban J connectivity index is 2.33. The SMILES string of the molecule is CC(C)(C)OC(=O)NNc1cc(-c2ccncc2N)nc(C(F)(F)F)n1. The molecule has 0 spiro atoms. The number of pyridine rings is 1. The van der Waals surface area contributed by atoms with Crippen molar-refractivity contribution in [1.82, 2.24) is 20.4 Å². The highest BCUT2D eigenvalue weighted by molar-refractivity contribution is 5.75. The molecule has 0 saturated heterocycles. The van der Waals surface area contributed by atoms with Gasteiger partial charge in [0.1, 0.15) is 11.4 Å². The second-order valence-corrected chi connectivity index (χ2v) is 6.17. The minimum Gasteiger partial charge on any atom is -0.443 e. The molecule has 0 bridgehead atoms. The lowest BCUT2D eigenvalue weighted by atomic mass is 10.1. The molecule has 140 valence electrons. The van der Waals surface area contributed by atoms with Crippen LogP contribution in [0, 0.1) is 0 Å². The van der Waals surface area contributed by atoms with Gasteiger partial charge >= 0.3 is 12.3 Å². The van der Waals surface area contributed by atoms with Gasteiger partial charge in [0.25, 0.3) is 0 Å². The Morgan fingerprint density at radius 2 is 1.92 bits per heavy atom. The second-order valence-electron chi connectivity index (χ2n) is 6.17. The molecule has 8 nitrogen and oxygen atoms in total. The maximum absolute atomic E-state index is 13.1. The van der Waals surface area contributed by atoms with E-state index in [4.69, 9.17) is 10.5 Å². The number of halogens is 3. The molecule has 0 aromatic carbocycles. The highest BCUT2D eigenvalue weighted by Gasteiger charge is 2.35. The second kappa shape index (κ2) is 7.02. The number of hydrazine groups is 1. The number of nitrogen functional groups attached to an aromatic ring is 1. The minimum atomic E-state index is -4.79. The normalized spacial score (nSPS) is 11.8. The van der Waals surface area contributed by atoms with Gasteiger partial charge < -0.3 is 10.5 Å². The van der Waals surface area contributed by atoms with Crippen molar-refractivity contribution in [2.75, 3.05) is 11.2 Å². The zero-order chi connectivity index (χ0) is 19.5. The van der Waals surface area contributed by atoms with E-state index in [0.29, 0.717) is 0 Å². The monoisotopic (exact) mass is 370 g/mol. The van der Waals surface area contributed by atoms with Gasteiger partial charge in [0, 0.05) is 17.8 Å². The van der Waals surface area contributed by atoms with Crippen molar-refractivity contribution in [1.29, 1.82) is 0 Å². The number of amides is 1. The Bertz CT molecular complexity index is 805. The van der Waals surface area contributed by atoms with Gasteiger partial charge in [-0.05, 0) is 26.8 Å². The third-order valence-corrected chi connectivity index (χ3v) is 2.80. The maximum atomic E-state index is 13.1. The van der Waals surface area contributed by atoms with E-state index in [-0.39, 0.29) is 22.8 Å². The number of hydrogen-bond donors (Lipinski definition) is 3.